The maximum atomic E-state index is 13.6. The smallest absolute Gasteiger partial charge is 0.390 e. The van der Waals surface area contributed by atoms with Crippen molar-refractivity contribution in [2.24, 2.45) is 5.41 Å². The van der Waals surface area contributed by atoms with Gasteiger partial charge in [-0.15, -0.1) is 0 Å². The van der Waals surface area contributed by atoms with Gasteiger partial charge in [-0.1, -0.05) is 20.3 Å². The Balaban J connectivity index is 2.59. The Morgan fingerprint density at radius 2 is 1.66 bits per heavy atom. The Hall–Kier alpha value is -0.110. The molecule has 0 aromatic carbocycles. The number of carbonyl (C=O) groups is 1. The van der Waals surface area contributed by atoms with Crippen LogP contribution in [0.3, 0.4) is 0 Å². The van der Waals surface area contributed by atoms with Crippen LogP contribution in [0.25, 0.3) is 0 Å². The number of carbonyl (C=O) groups excluding carboxylic acids is 1. The van der Waals surface area contributed by atoms with E-state index in [1.54, 1.807) is 0 Å². The summed E-state index contributed by atoms with van der Waals surface area (Å²) in [6.07, 6.45) is 3.19. The van der Waals surface area contributed by atoms with E-state index in [4.69, 9.17) is 18.5 Å². The standard InChI is InChI=1S/C23H46NO6PS/c1-9-11-23(8,10-2)30-31(26,29-21(3,4)5)32-19-18-28-20(25)22(6,7)12-13-24-14-16-27-17-15-24/h9-19H2,1-8H3. The molecule has 190 valence electrons. The van der Waals surface area contributed by atoms with E-state index in [9.17, 15) is 9.36 Å². The molecule has 1 heterocycles. The van der Waals surface area contributed by atoms with Crippen LogP contribution in [-0.4, -0.2) is 67.3 Å². The first-order chi connectivity index (χ1) is 14.7. The molecule has 0 amide bonds. The van der Waals surface area contributed by atoms with Crippen LogP contribution in [0.2, 0.25) is 0 Å². The number of hydrogen-bond acceptors (Lipinski definition) is 8. The fourth-order valence-corrected chi connectivity index (χ4v) is 7.71. The normalized spacial score (nSPS) is 19.9. The summed E-state index contributed by atoms with van der Waals surface area (Å²) in [7, 11) is 0. The molecule has 1 aliphatic rings. The van der Waals surface area contributed by atoms with Crippen LogP contribution in [-0.2, 0) is 27.9 Å². The van der Waals surface area contributed by atoms with Gasteiger partial charge in [-0.25, -0.2) is 4.57 Å². The van der Waals surface area contributed by atoms with Crippen molar-refractivity contribution in [2.75, 3.05) is 45.2 Å². The fraction of sp³-hybridized carbons (Fsp3) is 0.957. The molecule has 32 heavy (non-hydrogen) atoms. The molecule has 0 bridgehead atoms. The van der Waals surface area contributed by atoms with Crippen molar-refractivity contribution in [3.05, 3.63) is 0 Å². The Bertz CT molecular complexity index is 618. The molecule has 0 N–H and O–H groups in total. The summed E-state index contributed by atoms with van der Waals surface area (Å²) in [4.78, 5) is 15.0. The predicted molar refractivity (Wildman–Crippen MR) is 132 cm³/mol. The lowest BCUT2D eigenvalue weighted by atomic mass is 9.89. The minimum absolute atomic E-state index is 0.169. The van der Waals surface area contributed by atoms with Crippen molar-refractivity contribution in [3.8, 4) is 0 Å². The number of morpholine rings is 1. The van der Waals surface area contributed by atoms with Crippen LogP contribution in [0, 0.1) is 5.41 Å². The van der Waals surface area contributed by atoms with Gasteiger partial charge in [0.15, 0.2) is 0 Å². The molecular formula is C23H46NO6PS. The lowest BCUT2D eigenvalue weighted by Gasteiger charge is -2.35. The summed E-state index contributed by atoms with van der Waals surface area (Å²) in [6, 6.07) is 0. The Kier molecular flexibility index (Phi) is 12.3. The quantitative estimate of drug-likeness (QED) is 0.167. The van der Waals surface area contributed by atoms with Crippen molar-refractivity contribution in [3.63, 3.8) is 0 Å². The maximum Gasteiger partial charge on any atom is 0.390 e. The van der Waals surface area contributed by atoms with E-state index in [0.29, 0.717) is 5.75 Å². The first-order valence-electron chi connectivity index (χ1n) is 11.9. The topological polar surface area (TPSA) is 74.3 Å². The van der Waals surface area contributed by atoms with Crippen LogP contribution in [0.15, 0.2) is 0 Å². The van der Waals surface area contributed by atoms with Crippen molar-refractivity contribution in [1.29, 1.82) is 0 Å². The molecule has 0 aromatic rings. The molecule has 7 nitrogen and oxygen atoms in total. The fourth-order valence-electron chi connectivity index (χ4n) is 3.34. The highest BCUT2D eigenvalue weighted by molar-refractivity contribution is 8.55. The first-order valence-corrected chi connectivity index (χ1v) is 15.0. The van der Waals surface area contributed by atoms with E-state index in [-0.39, 0.29) is 12.6 Å². The summed E-state index contributed by atoms with van der Waals surface area (Å²) < 4.78 is 36.5. The highest BCUT2D eigenvalue weighted by Gasteiger charge is 2.39. The third kappa shape index (κ3) is 11.3. The second-order valence-electron chi connectivity index (χ2n) is 10.4. The summed E-state index contributed by atoms with van der Waals surface area (Å²) in [5.41, 5.74) is -1.70. The second-order valence-corrected chi connectivity index (χ2v) is 14.4. The third-order valence-electron chi connectivity index (χ3n) is 5.52. The van der Waals surface area contributed by atoms with E-state index in [1.165, 1.54) is 0 Å². The van der Waals surface area contributed by atoms with E-state index < -0.39 is 23.4 Å². The number of rotatable bonds is 14. The molecular weight excluding hydrogens is 449 g/mol. The average molecular weight is 496 g/mol. The highest BCUT2D eigenvalue weighted by Crippen LogP contribution is 2.65. The van der Waals surface area contributed by atoms with Gasteiger partial charge >= 0.3 is 12.8 Å². The largest absolute Gasteiger partial charge is 0.464 e. The molecule has 1 saturated heterocycles. The lowest BCUT2D eigenvalue weighted by Crippen LogP contribution is -2.39. The molecule has 0 saturated carbocycles. The SMILES string of the molecule is CCCC(C)(CC)OP(=O)(OC(C)(C)C)SCCOC(=O)C(C)(C)CCN1CCOCC1. The lowest BCUT2D eigenvalue weighted by molar-refractivity contribution is -0.154. The Labute approximate surface area is 199 Å². The first kappa shape index (κ1) is 29.9. The van der Waals surface area contributed by atoms with Gasteiger partial charge in [-0.3, -0.25) is 18.7 Å². The molecule has 9 heteroatoms. The Morgan fingerprint density at radius 1 is 1.03 bits per heavy atom. The predicted octanol–water partition coefficient (Wildman–Crippen LogP) is 5.92. The molecule has 0 aromatic heterocycles. The van der Waals surface area contributed by atoms with Gasteiger partial charge in [0.2, 0.25) is 0 Å². The molecule has 0 radical (unpaired) electrons. The molecule has 2 unspecified atom stereocenters. The van der Waals surface area contributed by atoms with Crippen molar-refractivity contribution in [1.82, 2.24) is 4.90 Å². The molecule has 0 spiro atoms. The Morgan fingerprint density at radius 3 is 2.19 bits per heavy atom. The highest BCUT2D eigenvalue weighted by atomic mass is 32.7. The summed E-state index contributed by atoms with van der Waals surface area (Å²) in [5.74, 6) is 0.119. The zero-order chi connectivity index (χ0) is 24.5. The summed E-state index contributed by atoms with van der Waals surface area (Å²) in [6.45, 7) is 16.4. The number of ether oxygens (including phenoxy) is 2. The van der Waals surface area contributed by atoms with E-state index in [2.05, 4.69) is 11.8 Å². The number of hydrogen-bond donors (Lipinski definition) is 0. The van der Waals surface area contributed by atoms with Crippen molar-refractivity contribution < 1.29 is 27.9 Å². The molecule has 2 atom stereocenters. The van der Waals surface area contributed by atoms with Crippen LogP contribution in [0.5, 0.6) is 0 Å². The molecule has 1 fully saturated rings. The van der Waals surface area contributed by atoms with Crippen LogP contribution in [0.4, 0.5) is 0 Å². The van der Waals surface area contributed by atoms with Crippen molar-refractivity contribution in [2.45, 2.75) is 92.3 Å². The minimum atomic E-state index is -3.43. The van der Waals surface area contributed by atoms with Crippen LogP contribution in [0.1, 0.15) is 81.1 Å². The van der Waals surface area contributed by atoms with Gasteiger partial charge in [0.25, 0.3) is 0 Å². The number of nitrogens with zero attached hydrogens (tertiary/aromatic N) is 1. The number of esters is 1. The molecule has 0 aliphatic carbocycles. The van der Waals surface area contributed by atoms with Crippen LogP contribution >= 0.6 is 18.2 Å². The van der Waals surface area contributed by atoms with Gasteiger partial charge in [-0.05, 0) is 78.7 Å². The average Bonchev–Trinajstić information content (AvgIpc) is 2.69. The van der Waals surface area contributed by atoms with E-state index >= 15 is 0 Å². The zero-order valence-electron chi connectivity index (χ0n) is 21.5. The zero-order valence-corrected chi connectivity index (χ0v) is 23.2. The van der Waals surface area contributed by atoms with Gasteiger partial charge in [0.1, 0.15) is 6.61 Å². The maximum absolute atomic E-state index is 13.6. The minimum Gasteiger partial charge on any atom is -0.464 e. The van der Waals surface area contributed by atoms with Crippen molar-refractivity contribution >= 4 is 24.1 Å². The summed E-state index contributed by atoms with van der Waals surface area (Å²) in [5, 5.41) is 0. The van der Waals surface area contributed by atoms with E-state index in [0.717, 1.165) is 69.9 Å². The van der Waals surface area contributed by atoms with Crippen LogP contribution < -0.4 is 0 Å². The van der Waals surface area contributed by atoms with Gasteiger partial charge in [-0.2, -0.15) is 0 Å². The van der Waals surface area contributed by atoms with Gasteiger partial charge in [0.05, 0.1) is 29.8 Å². The third-order valence-corrected chi connectivity index (χ3v) is 9.56. The van der Waals surface area contributed by atoms with Gasteiger partial charge < -0.3 is 9.47 Å². The monoisotopic (exact) mass is 495 g/mol. The summed E-state index contributed by atoms with van der Waals surface area (Å²) >= 11 is 1.12. The van der Waals surface area contributed by atoms with E-state index in [1.807, 2.05) is 48.5 Å². The molecule has 1 aliphatic heterocycles. The molecule has 1 rings (SSSR count). The second kappa shape index (κ2) is 13.1. The van der Waals surface area contributed by atoms with Gasteiger partial charge in [0, 0.05) is 18.8 Å².